The van der Waals surface area contributed by atoms with Gasteiger partial charge in [-0.15, -0.1) is 0 Å². The lowest BCUT2D eigenvalue weighted by Gasteiger charge is -2.17. The van der Waals surface area contributed by atoms with Gasteiger partial charge < -0.3 is 9.64 Å². The van der Waals surface area contributed by atoms with Gasteiger partial charge in [-0.3, -0.25) is 9.48 Å². The molecule has 2 aromatic heterocycles. The predicted molar refractivity (Wildman–Crippen MR) is 112 cm³/mol. The van der Waals surface area contributed by atoms with Gasteiger partial charge in [0.1, 0.15) is 5.56 Å². The number of amides is 1. The van der Waals surface area contributed by atoms with Crippen LogP contribution in [0, 0.1) is 6.92 Å². The third-order valence-corrected chi connectivity index (χ3v) is 5.45. The van der Waals surface area contributed by atoms with Crippen molar-refractivity contribution in [3.8, 4) is 17.0 Å². The number of ether oxygens (including phenoxy) is 1. The molecule has 0 aliphatic carbocycles. The molecular formula is C23H24F2N4O2. The Morgan fingerprint density at radius 2 is 1.94 bits per heavy atom. The van der Waals surface area contributed by atoms with Crippen LogP contribution in [0.4, 0.5) is 8.78 Å². The molecule has 0 fully saturated rings. The monoisotopic (exact) mass is 426 g/mol. The Hall–Kier alpha value is -3.29. The number of nitrogens with zero attached hydrogens (tertiary/aromatic N) is 4. The van der Waals surface area contributed by atoms with Crippen LogP contribution in [-0.4, -0.2) is 38.1 Å². The molecule has 3 heterocycles. The van der Waals surface area contributed by atoms with Crippen LogP contribution in [0.2, 0.25) is 0 Å². The Labute approximate surface area is 179 Å². The van der Waals surface area contributed by atoms with Crippen LogP contribution < -0.4 is 4.74 Å². The van der Waals surface area contributed by atoms with Gasteiger partial charge in [0.25, 0.3) is 11.8 Å². The molecule has 31 heavy (non-hydrogen) atoms. The molecule has 1 aromatic carbocycles. The second-order valence-corrected chi connectivity index (χ2v) is 7.81. The van der Waals surface area contributed by atoms with E-state index in [1.165, 1.54) is 13.1 Å². The summed E-state index contributed by atoms with van der Waals surface area (Å²) >= 11 is 0. The van der Waals surface area contributed by atoms with Gasteiger partial charge >= 0.3 is 0 Å². The highest BCUT2D eigenvalue weighted by molar-refractivity contribution is 6.00. The van der Waals surface area contributed by atoms with Crippen LogP contribution >= 0.6 is 0 Å². The first kappa shape index (κ1) is 21.0. The number of halogens is 2. The van der Waals surface area contributed by atoms with Crippen molar-refractivity contribution in [2.75, 3.05) is 6.61 Å². The number of carbonyl (C=O) groups excluding carboxylic acids is 1. The van der Waals surface area contributed by atoms with Gasteiger partial charge in [0.15, 0.2) is 6.61 Å². The second-order valence-electron chi connectivity index (χ2n) is 7.81. The Kier molecular flexibility index (Phi) is 5.47. The van der Waals surface area contributed by atoms with Crippen LogP contribution in [0.15, 0.2) is 42.7 Å². The lowest BCUT2D eigenvalue weighted by Crippen LogP contribution is -2.26. The molecule has 4 rings (SSSR count). The standard InChI is InChI=1S/C23H24F2N4O2/c1-4-23(24,25)14-31-21-20-18(9-10-26-21)12-29(22(20)30)11-16-5-7-17(8-6-16)19-13-28(3)27-15(19)2/h5-10,13H,4,11-12,14H2,1-3H3. The maximum absolute atomic E-state index is 13.6. The fourth-order valence-corrected chi connectivity index (χ4v) is 3.68. The zero-order chi connectivity index (χ0) is 22.2. The van der Waals surface area contributed by atoms with E-state index in [1.54, 1.807) is 15.6 Å². The van der Waals surface area contributed by atoms with E-state index in [9.17, 15) is 13.6 Å². The van der Waals surface area contributed by atoms with Crippen LogP contribution in [0.1, 0.15) is 40.5 Å². The largest absolute Gasteiger partial charge is 0.471 e. The minimum atomic E-state index is -2.96. The maximum atomic E-state index is 13.6. The van der Waals surface area contributed by atoms with Gasteiger partial charge in [-0.1, -0.05) is 31.2 Å². The van der Waals surface area contributed by atoms with Crippen LogP contribution in [-0.2, 0) is 20.1 Å². The Bertz CT molecular complexity index is 1110. The number of alkyl halides is 2. The SMILES string of the molecule is CCC(F)(F)COc1nccc2c1C(=O)N(Cc1ccc(-c3cn(C)nc3C)cc1)C2. The molecule has 0 radical (unpaired) electrons. The first-order valence-electron chi connectivity index (χ1n) is 10.1. The van der Waals surface area contributed by atoms with Crippen LogP contribution in [0.25, 0.3) is 11.1 Å². The number of hydrogen-bond donors (Lipinski definition) is 0. The van der Waals surface area contributed by atoms with Gasteiger partial charge in [0, 0.05) is 44.5 Å². The van der Waals surface area contributed by atoms with Crippen molar-refractivity contribution in [1.29, 1.82) is 0 Å². The van der Waals surface area contributed by atoms with E-state index in [0.29, 0.717) is 13.1 Å². The normalized spacial score (nSPS) is 13.6. The lowest BCUT2D eigenvalue weighted by molar-refractivity contribution is -0.0449. The quantitative estimate of drug-likeness (QED) is 0.563. The molecule has 1 amide bonds. The van der Waals surface area contributed by atoms with E-state index in [2.05, 4.69) is 10.1 Å². The summed E-state index contributed by atoms with van der Waals surface area (Å²) in [7, 11) is 1.89. The number of benzene rings is 1. The number of aromatic nitrogens is 3. The van der Waals surface area contributed by atoms with E-state index in [0.717, 1.165) is 27.9 Å². The number of fused-ring (bicyclic) bond motifs is 1. The summed E-state index contributed by atoms with van der Waals surface area (Å²) in [6, 6.07) is 9.71. The molecule has 1 aliphatic heterocycles. The zero-order valence-electron chi connectivity index (χ0n) is 17.7. The molecule has 0 bridgehead atoms. The van der Waals surface area contributed by atoms with Crippen molar-refractivity contribution in [2.24, 2.45) is 7.05 Å². The summed E-state index contributed by atoms with van der Waals surface area (Å²) in [5.74, 6) is -3.24. The first-order chi connectivity index (χ1) is 14.8. The highest BCUT2D eigenvalue weighted by Gasteiger charge is 2.34. The van der Waals surface area contributed by atoms with Gasteiger partial charge in [-0.2, -0.15) is 5.10 Å². The summed E-state index contributed by atoms with van der Waals surface area (Å²) in [6.45, 7) is 3.36. The topological polar surface area (TPSA) is 60.2 Å². The number of pyridine rings is 1. The van der Waals surface area contributed by atoms with Crippen molar-refractivity contribution in [2.45, 2.75) is 39.3 Å². The van der Waals surface area contributed by atoms with E-state index in [-0.39, 0.29) is 23.8 Å². The minimum absolute atomic E-state index is 0.0273. The number of rotatable bonds is 7. The second kappa shape index (κ2) is 8.09. The third-order valence-electron chi connectivity index (χ3n) is 5.45. The predicted octanol–water partition coefficient (Wildman–Crippen LogP) is 4.37. The van der Waals surface area contributed by atoms with Crippen molar-refractivity contribution in [3.63, 3.8) is 0 Å². The summed E-state index contributed by atoms with van der Waals surface area (Å²) in [5.41, 5.74) is 5.06. The summed E-state index contributed by atoms with van der Waals surface area (Å²) in [5, 5.41) is 4.37. The van der Waals surface area contributed by atoms with Gasteiger partial charge in [0.05, 0.1) is 5.69 Å². The Balaban J connectivity index is 1.48. The molecule has 3 aromatic rings. The van der Waals surface area contributed by atoms with Gasteiger partial charge in [-0.25, -0.2) is 13.8 Å². The van der Waals surface area contributed by atoms with Gasteiger partial charge in [0.2, 0.25) is 5.88 Å². The minimum Gasteiger partial charge on any atom is -0.471 e. The molecule has 0 N–H and O–H groups in total. The highest BCUT2D eigenvalue weighted by Crippen LogP contribution is 2.32. The summed E-state index contributed by atoms with van der Waals surface area (Å²) < 4.78 is 34.2. The zero-order valence-corrected chi connectivity index (χ0v) is 17.7. The summed E-state index contributed by atoms with van der Waals surface area (Å²) in [4.78, 5) is 18.7. The highest BCUT2D eigenvalue weighted by atomic mass is 19.3. The lowest BCUT2D eigenvalue weighted by atomic mass is 10.0. The number of carbonyl (C=O) groups is 1. The fourth-order valence-electron chi connectivity index (χ4n) is 3.68. The Morgan fingerprint density at radius 1 is 1.19 bits per heavy atom. The first-order valence-corrected chi connectivity index (χ1v) is 10.1. The van der Waals surface area contributed by atoms with Crippen LogP contribution in [0.3, 0.4) is 0 Å². The smallest absolute Gasteiger partial charge is 0.281 e. The van der Waals surface area contributed by atoms with E-state index < -0.39 is 12.5 Å². The number of aryl methyl sites for hydroxylation is 2. The molecule has 0 unspecified atom stereocenters. The maximum Gasteiger partial charge on any atom is 0.281 e. The molecule has 162 valence electrons. The van der Waals surface area contributed by atoms with E-state index in [4.69, 9.17) is 4.74 Å². The van der Waals surface area contributed by atoms with Crippen molar-refractivity contribution in [3.05, 3.63) is 65.1 Å². The molecule has 0 spiro atoms. The number of hydrogen-bond acceptors (Lipinski definition) is 4. The summed E-state index contributed by atoms with van der Waals surface area (Å²) in [6.07, 6.45) is 3.12. The molecule has 0 atom stereocenters. The van der Waals surface area contributed by atoms with Crippen molar-refractivity contribution in [1.82, 2.24) is 19.7 Å². The third kappa shape index (κ3) is 4.28. The van der Waals surface area contributed by atoms with E-state index in [1.807, 2.05) is 44.4 Å². The molecule has 1 aliphatic rings. The van der Waals surface area contributed by atoms with Crippen molar-refractivity contribution >= 4 is 5.91 Å². The van der Waals surface area contributed by atoms with E-state index >= 15 is 0 Å². The average Bonchev–Trinajstić information content (AvgIpc) is 3.25. The molecular weight excluding hydrogens is 402 g/mol. The molecule has 0 saturated heterocycles. The molecule has 6 nitrogen and oxygen atoms in total. The average molecular weight is 426 g/mol. The molecule has 0 saturated carbocycles. The van der Waals surface area contributed by atoms with Crippen molar-refractivity contribution < 1.29 is 18.3 Å². The fraction of sp³-hybridized carbons (Fsp3) is 0.348. The van der Waals surface area contributed by atoms with Crippen LogP contribution in [0.5, 0.6) is 5.88 Å². The Morgan fingerprint density at radius 3 is 2.58 bits per heavy atom. The molecule has 8 heteroatoms. The van der Waals surface area contributed by atoms with Gasteiger partial charge in [-0.05, 0) is 29.7 Å².